The lowest BCUT2D eigenvalue weighted by atomic mass is 10.0. The Morgan fingerprint density at radius 3 is 2.85 bits per heavy atom. The molecule has 1 N–H and O–H groups in total. The molecule has 4 nitrogen and oxygen atoms in total. The highest BCUT2D eigenvalue weighted by Crippen LogP contribution is 2.16. The molecule has 1 aromatic carbocycles. The zero-order chi connectivity index (χ0) is 9.68. The van der Waals surface area contributed by atoms with Crippen molar-refractivity contribution in [3.8, 4) is 0 Å². The van der Waals surface area contributed by atoms with Gasteiger partial charge in [-0.2, -0.15) is 0 Å². The average molecular weight is 177 g/mol. The van der Waals surface area contributed by atoms with E-state index in [0.717, 1.165) is 11.1 Å². The van der Waals surface area contributed by atoms with E-state index >= 15 is 0 Å². The van der Waals surface area contributed by atoms with Gasteiger partial charge in [-0.05, 0) is 23.6 Å². The Morgan fingerprint density at radius 2 is 2.23 bits per heavy atom. The van der Waals surface area contributed by atoms with Crippen LogP contribution in [0.4, 0.5) is 0 Å². The van der Waals surface area contributed by atoms with Crippen molar-refractivity contribution < 1.29 is 5.11 Å². The lowest BCUT2D eigenvalue weighted by Gasteiger charge is -2.10. The van der Waals surface area contributed by atoms with E-state index < -0.39 is 6.10 Å². The summed E-state index contributed by atoms with van der Waals surface area (Å²) < 4.78 is 0. The van der Waals surface area contributed by atoms with E-state index in [0.29, 0.717) is 0 Å². The van der Waals surface area contributed by atoms with Crippen LogP contribution in [0.15, 0.2) is 29.4 Å². The summed E-state index contributed by atoms with van der Waals surface area (Å²) >= 11 is 0. The molecule has 0 spiro atoms. The standard InChI is InChI=1S/C9H11N3O/c1-7-4-2-3-5-8(7)9(13)6-11-12-10/h2-5,9,13H,6H2,1H3. The number of aliphatic hydroxyl groups is 1. The molecular formula is C9H11N3O. The van der Waals surface area contributed by atoms with E-state index in [2.05, 4.69) is 10.0 Å². The second-order valence-electron chi connectivity index (χ2n) is 2.79. The first kappa shape index (κ1) is 9.58. The van der Waals surface area contributed by atoms with E-state index in [1.807, 2.05) is 31.2 Å². The van der Waals surface area contributed by atoms with E-state index in [4.69, 9.17) is 5.53 Å². The first-order valence-electron chi connectivity index (χ1n) is 4.00. The number of azide groups is 1. The van der Waals surface area contributed by atoms with Crippen LogP contribution in [0.5, 0.6) is 0 Å². The number of benzene rings is 1. The molecule has 0 aliphatic heterocycles. The number of aliphatic hydroxyl groups excluding tert-OH is 1. The quantitative estimate of drug-likeness (QED) is 0.429. The third-order valence-electron chi connectivity index (χ3n) is 1.87. The van der Waals surface area contributed by atoms with Gasteiger partial charge in [-0.1, -0.05) is 29.4 Å². The Kier molecular flexibility index (Phi) is 3.31. The van der Waals surface area contributed by atoms with Gasteiger partial charge in [0.25, 0.3) is 0 Å². The van der Waals surface area contributed by atoms with Gasteiger partial charge in [0.15, 0.2) is 0 Å². The van der Waals surface area contributed by atoms with Gasteiger partial charge >= 0.3 is 0 Å². The Labute approximate surface area is 76.5 Å². The largest absolute Gasteiger partial charge is 0.388 e. The molecule has 4 heteroatoms. The molecule has 0 saturated carbocycles. The van der Waals surface area contributed by atoms with Gasteiger partial charge in [-0.3, -0.25) is 0 Å². The molecule has 13 heavy (non-hydrogen) atoms. The fourth-order valence-corrected chi connectivity index (χ4v) is 1.17. The number of aryl methyl sites for hydroxylation is 1. The highest BCUT2D eigenvalue weighted by molar-refractivity contribution is 5.27. The third kappa shape index (κ3) is 2.47. The average Bonchev–Trinajstić information content (AvgIpc) is 2.15. The van der Waals surface area contributed by atoms with E-state index in [1.165, 1.54) is 0 Å². The van der Waals surface area contributed by atoms with Crippen molar-refractivity contribution in [3.63, 3.8) is 0 Å². The van der Waals surface area contributed by atoms with Crippen LogP contribution in [-0.2, 0) is 0 Å². The summed E-state index contributed by atoms with van der Waals surface area (Å²) in [5, 5.41) is 12.9. The SMILES string of the molecule is Cc1ccccc1C(O)CN=[N+]=[N-]. The lowest BCUT2D eigenvalue weighted by Crippen LogP contribution is -2.02. The van der Waals surface area contributed by atoms with Crippen molar-refractivity contribution in [2.24, 2.45) is 5.11 Å². The van der Waals surface area contributed by atoms with Crippen LogP contribution in [0.2, 0.25) is 0 Å². The van der Waals surface area contributed by atoms with Crippen LogP contribution in [-0.4, -0.2) is 11.7 Å². The van der Waals surface area contributed by atoms with Gasteiger partial charge in [-0.15, -0.1) is 0 Å². The second-order valence-corrected chi connectivity index (χ2v) is 2.79. The van der Waals surface area contributed by atoms with E-state index in [1.54, 1.807) is 0 Å². The molecule has 0 amide bonds. The van der Waals surface area contributed by atoms with Crippen LogP contribution < -0.4 is 0 Å². The highest BCUT2D eigenvalue weighted by atomic mass is 16.3. The van der Waals surface area contributed by atoms with Crippen molar-refractivity contribution in [1.29, 1.82) is 0 Å². The Morgan fingerprint density at radius 1 is 1.54 bits per heavy atom. The van der Waals surface area contributed by atoms with Gasteiger partial charge in [0.05, 0.1) is 12.6 Å². The van der Waals surface area contributed by atoms with Crippen LogP contribution in [0.1, 0.15) is 17.2 Å². The van der Waals surface area contributed by atoms with Crippen molar-refractivity contribution in [2.45, 2.75) is 13.0 Å². The summed E-state index contributed by atoms with van der Waals surface area (Å²) in [5.41, 5.74) is 9.90. The summed E-state index contributed by atoms with van der Waals surface area (Å²) in [7, 11) is 0. The zero-order valence-corrected chi connectivity index (χ0v) is 7.38. The maximum absolute atomic E-state index is 9.57. The Balaban J connectivity index is 2.81. The molecule has 1 unspecified atom stereocenters. The fourth-order valence-electron chi connectivity index (χ4n) is 1.17. The number of hydrogen-bond acceptors (Lipinski definition) is 2. The van der Waals surface area contributed by atoms with Crippen molar-refractivity contribution in [1.82, 2.24) is 0 Å². The van der Waals surface area contributed by atoms with Gasteiger partial charge in [-0.25, -0.2) is 0 Å². The maximum atomic E-state index is 9.57. The zero-order valence-electron chi connectivity index (χ0n) is 7.38. The number of nitrogens with zero attached hydrogens (tertiary/aromatic N) is 3. The monoisotopic (exact) mass is 177 g/mol. The van der Waals surface area contributed by atoms with Crippen molar-refractivity contribution >= 4 is 0 Å². The third-order valence-corrected chi connectivity index (χ3v) is 1.87. The molecule has 0 radical (unpaired) electrons. The highest BCUT2D eigenvalue weighted by Gasteiger charge is 2.07. The van der Waals surface area contributed by atoms with E-state index in [-0.39, 0.29) is 6.54 Å². The smallest absolute Gasteiger partial charge is 0.0848 e. The van der Waals surface area contributed by atoms with Crippen LogP contribution >= 0.6 is 0 Å². The molecule has 0 bridgehead atoms. The van der Waals surface area contributed by atoms with Crippen LogP contribution in [0, 0.1) is 6.92 Å². The molecule has 0 aliphatic carbocycles. The lowest BCUT2D eigenvalue weighted by molar-refractivity contribution is 0.186. The summed E-state index contributed by atoms with van der Waals surface area (Å²) in [6, 6.07) is 7.49. The topological polar surface area (TPSA) is 69.0 Å². The number of rotatable bonds is 3. The summed E-state index contributed by atoms with van der Waals surface area (Å²) in [6.45, 7) is 2.00. The molecule has 1 aromatic rings. The second kappa shape index (κ2) is 4.50. The maximum Gasteiger partial charge on any atom is 0.0848 e. The van der Waals surface area contributed by atoms with Crippen LogP contribution in [0.25, 0.3) is 10.4 Å². The van der Waals surface area contributed by atoms with Gasteiger partial charge in [0.1, 0.15) is 0 Å². The number of hydrogen-bond donors (Lipinski definition) is 1. The predicted molar refractivity (Wildman–Crippen MR) is 50.2 cm³/mol. The minimum Gasteiger partial charge on any atom is -0.388 e. The van der Waals surface area contributed by atoms with E-state index in [9.17, 15) is 5.11 Å². The molecule has 1 atom stereocenters. The van der Waals surface area contributed by atoms with Gasteiger partial charge in [0, 0.05) is 4.91 Å². The fraction of sp³-hybridized carbons (Fsp3) is 0.333. The molecule has 0 heterocycles. The molecular weight excluding hydrogens is 166 g/mol. The Bertz CT molecular complexity index is 331. The molecule has 0 aliphatic rings. The minimum atomic E-state index is -0.697. The van der Waals surface area contributed by atoms with Crippen molar-refractivity contribution in [3.05, 3.63) is 45.8 Å². The molecule has 68 valence electrons. The molecule has 0 fully saturated rings. The molecule has 1 rings (SSSR count). The van der Waals surface area contributed by atoms with Crippen LogP contribution in [0.3, 0.4) is 0 Å². The molecule has 0 saturated heterocycles. The van der Waals surface area contributed by atoms with Crippen molar-refractivity contribution in [2.75, 3.05) is 6.54 Å². The summed E-state index contributed by atoms with van der Waals surface area (Å²) in [6.07, 6.45) is -0.697. The Hall–Kier alpha value is -1.51. The van der Waals surface area contributed by atoms with Gasteiger partial charge < -0.3 is 5.11 Å². The normalized spacial score (nSPS) is 11.8. The summed E-state index contributed by atoms with van der Waals surface area (Å²) in [5.74, 6) is 0. The summed E-state index contributed by atoms with van der Waals surface area (Å²) in [4.78, 5) is 2.60. The predicted octanol–water partition coefficient (Wildman–Crippen LogP) is 2.34. The first-order chi connectivity index (χ1) is 6.25. The molecule has 0 aromatic heterocycles. The van der Waals surface area contributed by atoms with Gasteiger partial charge in [0.2, 0.25) is 0 Å². The minimum absolute atomic E-state index is 0.0847. The first-order valence-corrected chi connectivity index (χ1v) is 4.00.